The van der Waals surface area contributed by atoms with E-state index < -0.39 is 0 Å². The van der Waals surface area contributed by atoms with Gasteiger partial charge in [-0.05, 0) is 24.3 Å². The Balaban J connectivity index is 2.20. The summed E-state index contributed by atoms with van der Waals surface area (Å²) >= 11 is 0. The van der Waals surface area contributed by atoms with Crippen LogP contribution in [0.1, 0.15) is 0 Å². The molecule has 0 saturated heterocycles. The molecule has 5 aromatic rings. The Hall–Kier alpha value is -3.00. The van der Waals surface area contributed by atoms with E-state index >= 15 is 0 Å². The first-order valence-electron chi connectivity index (χ1n) is 7.34. The second kappa shape index (κ2) is 4.01. The lowest BCUT2D eigenvalue weighted by Crippen LogP contribution is -1.83. The summed E-state index contributed by atoms with van der Waals surface area (Å²) < 4.78 is 8.16. The minimum absolute atomic E-state index is 0.931. The zero-order valence-electron chi connectivity index (χ0n) is 11.9. The number of para-hydroxylation sites is 2. The van der Waals surface area contributed by atoms with Crippen molar-refractivity contribution in [1.29, 1.82) is 0 Å². The van der Waals surface area contributed by atoms with E-state index in [-0.39, 0.29) is 0 Å². The van der Waals surface area contributed by atoms with Crippen LogP contribution in [0.5, 0.6) is 0 Å². The van der Waals surface area contributed by atoms with Gasteiger partial charge >= 0.3 is 0 Å². The number of furan rings is 1. The van der Waals surface area contributed by atoms with Gasteiger partial charge in [0.1, 0.15) is 11.2 Å². The molecular weight excluding hydrogens is 270 g/mol. The van der Waals surface area contributed by atoms with Crippen LogP contribution in [0.25, 0.3) is 49.9 Å². The van der Waals surface area contributed by atoms with Gasteiger partial charge in [0.05, 0.1) is 11.0 Å². The fraction of sp³-hybridized carbons (Fsp3) is 0. The number of fused-ring (bicyclic) bond motifs is 7. The Bertz CT molecular complexity index is 1190. The van der Waals surface area contributed by atoms with E-state index in [2.05, 4.69) is 59.7 Å². The third-order valence-corrected chi connectivity index (χ3v) is 4.40. The van der Waals surface area contributed by atoms with Crippen molar-refractivity contribution >= 4 is 49.9 Å². The summed E-state index contributed by atoms with van der Waals surface area (Å²) in [6.45, 7) is 3.97. The normalized spacial score (nSPS) is 11.8. The monoisotopic (exact) mass is 283 g/mol. The Morgan fingerprint density at radius 3 is 2.36 bits per heavy atom. The van der Waals surface area contributed by atoms with Gasteiger partial charge in [0, 0.05) is 27.7 Å². The molecular formula is C20H13NO. The molecule has 2 heterocycles. The molecule has 3 aromatic carbocycles. The minimum atomic E-state index is 0.931. The summed E-state index contributed by atoms with van der Waals surface area (Å²) in [5.74, 6) is 0. The number of hydrogen-bond acceptors (Lipinski definition) is 1. The van der Waals surface area contributed by atoms with E-state index in [1.54, 1.807) is 0 Å². The first kappa shape index (κ1) is 11.6. The average molecular weight is 283 g/mol. The molecule has 0 atom stereocenters. The summed E-state index contributed by atoms with van der Waals surface area (Å²) in [4.78, 5) is 0. The van der Waals surface area contributed by atoms with Crippen LogP contribution in [0, 0.1) is 0 Å². The standard InChI is InChI=1S/C20H13NO/c1-2-21-15-9-5-3-7-13(15)19-16(21)11-12-18-20(19)14-8-4-6-10-17(14)22-18/h2-12H,1H2. The first-order chi connectivity index (χ1) is 10.9. The van der Waals surface area contributed by atoms with E-state index in [9.17, 15) is 0 Å². The number of rotatable bonds is 1. The molecule has 0 aliphatic rings. The predicted octanol–water partition coefficient (Wildman–Crippen LogP) is 5.79. The van der Waals surface area contributed by atoms with Gasteiger partial charge in [-0.3, -0.25) is 0 Å². The average Bonchev–Trinajstić information content (AvgIpc) is 3.09. The Morgan fingerprint density at radius 2 is 1.50 bits per heavy atom. The van der Waals surface area contributed by atoms with Crippen molar-refractivity contribution in [3.63, 3.8) is 0 Å². The van der Waals surface area contributed by atoms with Gasteiger partial charge in [-0.15, -0.1) is 0 Å². The highest BCUT2D eigenvalue weighted by molar-refractivity contribution is 6.27. The van der Waals surface area contributed by atoms with E-state index in [1.165, 1.54) is 21.7 Å². The molecule has 2 nitrogen and oxygen atoms in total. The summed E-state index contributed by atoms with van der Waals surface area (Å²) in [5.41, 5.74) is 4.20. The molecule has 0 N–H and O–H groups in total. The van der Waals surface area contributed by atoms with Crippen LogP contribution in [-0.2, 0) is 0 Å². The fourth-order valence-electron chi connectivity index (χ4n) is 3.50. The van der Waals surface area contributed by atoms with Crippen molar-refractivity contribution in [2.75, 3.05) is 0 Å². The van der Waals surface area contributed by atoms with Crippen LogP contribution < -0.4 is 0 Å². The maximum atomic E-state index is 6.02. The second-order valence-electron chi connectivity index (χ2n) is 5.50. The van der Waals surface area contributed by atoms with Crippen LogP contribution >= 0.6 is 0 Å². The number of benzene rings is 3. The predicted molar refractivity (Wildman–Crippen MR) is 93.1 cm³/mol. The lowest BCUT2D eigenvalue weighted by molar-refractivity contribution is 0.669. The van der Waals surface area contributed by atoms with Gasteiger partial charge in [-0.25, -0.2) is 0 Å². The number of nitrogens with zero attached hydrogens (tertiary/aromatic N) is 1. The zero-order chi connectivity index (χ0) is 14.7. The summed E-state index contributed by atoms with van der Waals surface area (Å²) in [6.07, 6.45) is 1.87. The maximum absolute atomic E-state index is 6.02. The largest absolute Gasteiger partial charge is 0.456 e. The molecule has 0 aliphatic carbocycles. The molecule has 0 aliphatic heterocycles. The summed E-state index contributed by atoms with van der Waals surface area (Å²) in [6, 6.07) is 20.8. The number of aromatic nitrogens is 1. The van der Waals surface area contributed by atoms with E-state index in [0.717, 1.165) is 22.1 Å². The third kappa shape index (κ3) is 1.29. The van der Waals surface area contributed by atoms with Crippen molar-refractivity contribution in [2.24, 2.45) is 0 Å². The topological polar surface area (TPSA) is 18.1 Å². The van der Waals surface area contributed by atoms with Gasteiger partial charge in [-0.1, -0.05) is 43.0 Å². The lowest BCUT2D eigenvalue weighted by Gasteiger charge is -1.98. The molecule has 104 valence electrons. The van der Waals surface area contributed by atoms with Gasteiger partial charge in [-0.2, -0.15) is 0 Å². The van der Waals surface area contributed by atoms with E-state index in [0.29, 0.717) is 0 Å². The molecule has 0 unspecified atom stereocenters. The second-order valence-corrected chi connectivity index (χ2v) is 5.50. The number of hydrogen-bond donors (Lipinski definition) is 0. The SMILES string of the molecule is C=Cn1c2ccccc2c2c3c(ccc21)oc1ccccc13. The zero-order valence-corrected chi connectivity index (χ0v) is 11.9. The van der Waals surface area contributed by atoms with Crippen LogP contribution in [-0.4, -0.2) is 4.57 Å². The van der Waals surface area contributed by atoms with Gasteiger partial charge in [0.2, 0.25) is 0 Å². The van der Waals surface area contributed by atoms with E-state index in [1.807, 2.05) is 18.3 Å². The highest BCUT2D eigenvalue weighted by Crippen LogP contribution is 2.39. The Kier molecular flexibility index (Phi) is 2.12. The van der Waals surface area contributed by atoms with Gasteiger partial charge in [0.25, 0.3) is 0 Å². The quantitative estimate of drug-likeness (QED) is 0.380. The molecule has 2 aromatic heterocycles. The molecule has 22 heavy (non-hydrogen) atoms. The maximum Gasteiger partial charge on any atom is 0.136 e. The van der Waals surface area contributed by atoms with Crippen molar-refractivity contribution in [2.45, 2.75) is 0 Å². The van der Waals surface area contributed by atoms with Crippen molar-refractivity contribution in [3.05, 3.63) is 67.2 Å². The molecule has 0 amide bonds. The van der Waals surface area contributed by atoms with Crippen LogP contribution in [0.3, 0.4) is 0 Å². The van der Waals surface area contributed by atoms with Crippen LogP contribution in [0.2, 0.25) is 0 Å². The van der Waals surface area contributed by atoms with Crippen molar-refractivity contribution in [1.82, 2.24) is 4.57 Å². The highest BCUT2D eigenvalue weighted by Gasteiger charge is 2.16. The molecule has 0 spiro atoms. The Labute approximate surface area is 126 Å². The van der Waals surface area contributed by atoms with E-state index in [4.69, 9.17) is 4.42 Å². The summed E-state index contributed by atoms with van der Waals surface area (Å²) in [7, 11) is 0. The van der Waals surface area contributed by atoms with Gasteiger partial charge in [0.15, 0.2) is 0 Å². The van der Waals surface area contributed by atoms with Crippen LogP contribution in [0.15, 0.2) is 71.7 Å². The first-order valence-corrected chi connectivity index (χ1v) is 7.34. The molecule has 0 bridgehead atoms. The molecule has 0 radical (unpaired) electrons. The lowest BCUT2D eigenvalue weighted by atomic mass is 10.1. The third-order valence-electron chi connectivity index (χ3n) is 4.40. The molecule has 5 rings (SSSR count). The van der Waals surface area contributed by atoms with Gasteiger partial charge < -0.3 is 8.98 Å². The minimum Gasteiger partial charge on any atom is -0.456 e. The van der Waals surface area contributed by atoms with Crippen LogP contribution in [0.4, 0.5) is 0 Å². The van der Waals surface area contributed by atoms with Crippen molar-refractivity contribution < 1.29 is 4.42 Å². The van der Waals surface area contributed by atoms with Crippen molar-refractivity contribution in [3.8, 4) is 0 Å². The Morgan fingerprint density at radius 1 is 0.727 bits per heavy atom. The molecule has 2 heteroatoms. The smallest absolute Gasteiger partial charge is 0.136 e. The highest BCUT2D eigenvalue weighted by atomic mass is 16.3. The fourth-order valence-corrected chi connectivity index (χ4v) is 3.50. The molecule has 0 saturated carbocycles. The summed E-state index contributed by atoms with van der Waals surface area (Å²) in [5, 5.41) is 4.81. The molecule has 0 fully saturated rings.